The van der Waals surface area contributed by atoms with Crippen molar-refractivity contribution in [3.63, 3.8) is 0 Å². The molecule has 0 spiro atoms. The average molecular weight is 269 g/mol. The van der Waals surface area contributed by atoms with Crippen LogP contribution >= 0.6 is 0 Å². The lowest BCUT2D eigenvalue weighted by Crippen LogP contribution is -2.43. The molecule has 1 aromatic carbocycles. The maximum Gasteiger partial charge on any atom is 0.258 e. The highest BCUT2D eigenvalue weighted by atomic mass is 19.1. The normalized spacial score (nSPS) is 11.2. The zero-order valence-corrected chi connectivity index (χ0v) is 11.3. The molecule has 0 aliphatic carbocycles. The maximum atomic E-state index is 12.9. The van der Waals surface area contributed by atoms with Gasteiger partial charge in [-0.3, -0.25) is 4.79 Å². The lowest BCUT2D eigenvalue weighted by atomic mass is 9.98. The Morgan fingerprint density at radius 3 is 2.68 bits per heavy atom. The summed E-state index contributed by atoms with van der Waals surface area (Å²) in [5, 5.41) is 12.6. The first-order valence-corrected chi connectivity index (χ1v) is 6.36. The van der Waals surface area contributed by atoms with Crippen LogP contribution in [0.2, 0.25) is 0 Å². The molecular formula is C14H20FNO3. The molecule has 1 aromatic rings. The van der Waals surface area contributed by atoms with E-state index in [9.17, 15) is 14.3 Å². The average Bonchev–Trinajstić information content (AvgIpc) is 2.42. The second-order valence-corrected chi connectivity index (χ2v) is 4.45. The Hall–Kier alpha value is -1.62. The second-order valence-electron chi connectivity index (χ2n) is 4.45. The highest BCUT2D eigenvalue weighted by Crippen LogP contribution is 2.13. The van der Waals surface area contributed by atoms with Crippen LogP contribution in [0.5, 0.6) is 5.75 Å². The largest absolute Gasteiger partial charge is 0.484 e. The third-order valence-electron chi connectivity index (χ3n) is 3.10. The molecule has 0 heterocycles. The van der Waals surface area contributed by atoms with E-state index >= 15 is 0 Å². The van der Waals surface area contributed by atoms with Crippen molar-refractivity contribution in [2.45, 2.75) is 32.3 Å². The van der Waals surface area contributed by atoms with Crippen LogP contribution in [0.4, 0.5) is 4.39 Å². The van der Waals surface area contributed by atoms with Gasteiger partial charge < -0.3 is 15.2 Å². The topological polar surface area (TPSA) is 58.6 Å². The van der Waals surface area contributed by atoms with Crippen LogP contribution in [0.3, 0.4) is 0 Å². The van der Waals surface area contributed by atoms with Gasteiger partial charge in [0.1, 0.15) is 11.6 Å². The fourth-order valence-corrected chi connectivity index (χ4v) is 1.52. The summed E-state index contributed by atoms with van der Waals surface area (Å²) in [7, 11) is 0. The van der Waals surface area contributed by atoms with E-state index in [1.165, 1.54) is 18.2 Å². The van der Waals surface area contributed by atoms with Crippen LogP contribution in [0, 0.1) is 5.82 Å². The van der Waals surface area contributed by atoms with Gasteiger partial charge in [0.2, 0.25) is 0 Å². The Balaban J connectivity index is 2.36. The fourth-order valence-electron chi connectivity index (χ4n) is 1.52. The number of hydrogen-bond acceptors (Lipinski definition) is 3. The van der Waals surface area contributed by atoms with Gasteiger partial charge in [-0.2, -0.15) is 0 Å². The summed E-state index contributed by atoms with van der Waals surface area (Å²) >= 11 is 0. The van der Waals surface area contributed by atoms with Crippen molar-refractivity contribution in [2.24, 2.45) is 0 Å². The summed E-state index contributed by atoms with van der Waals surface area (Å²) in [4.78, 5) is 11.5. The van der Waals surface area contributed by atoms with Gasteiger partial charge in [-0.25, -0.2) is 4.39 Å². The molecule has 5 heteroatoms. The molecule has 0 saturated heterocycles. The molecule has 2 N–H and O–H groups in total. The van der Waals surface area contributed by atoms with Gasteiger partial charge in [-0.1, -0.05) is 19.9 Å². The summed E-state index contributed by atoms with van der Waals surface area (Å²) in [5.41, 5.74) is -0.880. The number of amides is 1. The predicted molar refractivity (Wildman–Crippen MR) is 70.4 cm³/mol. The van der Waals surface area contributed by atoms with E-state index in [-0.39, 0.29) is 19.1 Å². The molecule has 1 rings (SSSR count). The molecule has 0 aliphatic rings. The number of nitrogens with one attached hydrogen (secondary N) is 1. The molecule has 0 unspecified atom stereocenters. The number of carbonyl (C=O) groups is 1. The molecular weight excluding hydrogens is 249 g/mol. The summed E-state index contributed by atoms with van der Waals surface area (Å²) in [6, 6.07) is 5.59. The first-order valence-electron chi connectivity index (χ1n) is 6.36. The van der Waals surface area contributed by atoms with Crippen molar-refractivity contribution in [1.82, 2.24) is 5.32 Å². The van der Waals surface area contributed by atoms with Crippen molar-refractivity contribution in [1.29, 1.82) is 0 Å². The highest BCUT2D eigenvalue weighted by Gasteiger charge is 2.22. The van der Waals surface area contributed by atoms with Gasteiger partial charge >= 0.3 is 0 Å². The Morgan fingerprint density at radius 1 is 1.42 bits per heavy atom. The van der Waals surface area contributed by atoms with Crippen molar-refractivity contribution in [3.05, 3.63) is 30.1 Å². The number of carbonyl (C=O) groups excluding carboxylic acids is 1. The Morgan fingerprint density at radius 2 is 2.11 bits per heavy atom. The molecule has 1 amide bonds. The van der Waals surface area contributed by atoms with E-state index in [1.807, 2.05) is 13.8 Å². The van der Waals surface area contributed by atoms with Crippen LogP contribution in [0.15, 0.2) is 24.3 Å². The first-order chi connectivity index (χ1) is 8.99. The van der Waals surface area contributed by atoms with Crippen molar-refractivity contribution in [3.8, 4) is 5.75 Å². The van der Waals surface area contributed by atoms with Gasteiger partial charge in [0.15, 0.2) is 6.61 Å². The van der Waals surface area contributed by atoms with E-state index in [2.05, 4.69) is 5.32 Å². The van der Waals surface area contributed by atoms with Gasteiger partial charge in [0.05, 0.1) is 5.60 Å². The SMILES string of the molecule is CCC(O)(CC)CNC(=O)COc1cccc(F)c1. The van der Waals surface area contributed by atoms with E-state index in [0.717, 1.165) is 0 Å². The van der Waals surface area contributed by atoms with Gasteiger partial charge in [-0.15, -0.1) is 0 Å². The Bertz CT molecular complexity index is 419. The molecule has 0 aliphatic heterocycles. The minimum absolute atomic E-state index is 0.186. The highest BCUT2D eigenvalue weighted by molar-refractivity contribution is 5.77. The third kappa shape index (κ3) is 5.26. The minimum Gasteiger partial charge on any atom is -0.484 e. The van der Waals surface area contributed by atoms with Crippen LogP contribution in [0.1, 0.15) is 26.7 Å². The Labute approximate surface area is 112 Å². The lowest BCUT2D eigenvalue weighted by Gasteiger charge is -2.25. The predicted octanol–water partition coefficient (Wildman–Crippen LogP) is 1.87. The van der Waals surface area contributed by atoms with Gasteiger partial charge in [0, 0.05) is 12.6 Å². The summed E-state index contributed by atoms with van der Waals surface area (Å²) in [6.07, 6.45) is 1.13. The monoisotopic (exact) mass is 269 g/mol. The number of hydrogen-bond donors (Lipinski definition) is 2. The molecule has 0 bridgehead atoms. The number of ether oxygens (including phenoxy) is 1. The molecule has 0 fully saturated rings. The zero-order chi connectivity index (χ0) is 14.3. The fraction of sp³-hybridized carbons (Fsp3) is 0.500. The lowest BCUT2D eigenvalue weighted by molar-refractivity contribution is -0.124. The number of rotatable bonds is 7. The van der Waals surface area contributed by atoms with E-state index < -0.39 is 11.4 Å². The number of benzene rings is 1. The van der Waals surface area contributed by atoms with Crippen molar-refractivity contribution >= 4 is 5.91 Å². The molecule has 0 saturated carbocycles. The quantitative estimate of drug-likeness (QED) is 0.794. The molecule has 4 nitrogen and oxygen atoms in total. The summed E-state index contributed by atoms with van der Waals surface area (Å²) in [5.74, 6) is -0.453. The van der Waals surface area contributed by atoms with Crippen LogP contribution in [0.25, 0.3) is 0 Å². The summed E-state index contributed by atoms with van der Waals surface area (Å²) in [6.45, 7) is 3.70. The second kappa shape index (κ2) is 7.09. The summed E-state index contributed by atoms with van der Waals surface area (Å²) < 4.78 is 18.0. The number of halogens is 1. The van der Waals surface area contributed by atoms with Crippen molar-refractivity contribution < 1.29 is 19.0 Å². The smallest absolute Gasteiger partial charge is 0.258 e. The van der Waals surface area contributed by atoms with Gasteiger partial charge in [-0.05, 0) is 25.0 Å². The molecule has 0 atom stereocenters. The minimum atomic E-state index is -0.880. The van der Waals surface area contributed by atoms with E-state index in [0.29, 0.717) is 18.6 Å². The third-order valence-corrected chi connectivity index (χ3v) is 3.10. The van der Waals surface area contributed by atoms with E-state index in [1.54, 1.807) is 6.07 Å². The van der Waals surface area contributed by atoms with Crippen LogP contribution in [-0.4, -0.2) is 29.8 Å². The standard InChI is InChI=1S/C14H20FNO3/c1-3-14(18,4-2)10-16-13(17)9-19-12-7-5-6-11(15)8-12/h5-8,18H,3-4,9-10H2,1-2H3,(H,16,17). The molecule has 0 radical (unpaired) electrons. The number of aliphatic hydroxyl groups is 1. The van der Waals surface area contributed by atoms with E-state index in [4.69, 9.17) is 4.74 Å². The van der Waals surface area contributed by atoms with Crippen LogP contribution < -0.4 is 10.1 Å². The van der Waals surface area contributed by atoms with Gasteiger partial charge in [0.25, 0.3) is 5.91 Å². The van der Waals surface area contributed by atoms with Crippen LogP contribution in [-0.2, 0) is 4.79 Å². The van der Waals surface area contributed by atoms with Crippen molar-refractivity contribution in [2.75, 3.05) is 13.2 Å². The first kappa shape index (κ1) is 15.4. The Kier molecular flexibility index (Phi) is 5.76. The molecule has 19 heavy (non-hydrogen) atoms. The molecule has 106 valence electrons. The zero-order valence-electron chi connectivity index (χ0n) is 11.3. The maximum absolute atomic E-state index is 12.9. The molecule has 0 aromatic heterocycles.